The van der Waals surface area contributed by atoms with Crippen LogP contribution >= 0.6 is 11.8 Å². The molecule has 0 radical (unpaired) electrons. The van der Waals surface area contributed by atoms with Crippen LogP contribution in [0, 0.1) is 5.82 Å². The highest BCUT2D eigenvalue weighted by Gasteiger charge is 2.22. The van der Waals surface area contributed by atoms with Gasteiger partial charge < -0.3 is 10.1 Å². The molecule has 138 valence electrons. The number of hydrogen-bond donors (Lipinski definition) is 1. The third kappa shape index (κ3) is 3.98. The Kier molecular flexibility index (Phi) is 5.11. The molecule has 0 spiro atoms. The number of thioether (sulfide) groups is 1. The summed E-state index contributed by atoms with van der Waals surface area (Å²) in [7, 11) is 0. The number of imidazole rings is 1. The van der Waals surface area contributed by atoms with Gasteiger partial charge in [-0.25, -0.2) is 9.37 Å². The van der Waals surface area contributed by atoms with Crippen LogP contribution in [0.2, 0.25) is 0 Å². The molecule has 27 heavy (non-hydrogen) atoms. The number of hydrogen-bond acceptors (Lipinski definition) is 4. The molecule has 1 atom stereocenters. The van der Waals surface area contributed by atoms with Crippen molar-refractivity contribution in [3.8, 4) is 11.4 Å². The molecule has 1 unspecified atom stereocenters. The Hall–Kier alpha value is -2.80. The second-order valence-corrected chi connectivity index (χ2v) is 7.09. The summed E-state index contributed by atoms with van der Waals surface area (Å²) in [6.07, 6.45) is 4.13. The maximum absolute atomic E-state index is 13.5. The first kappa shape index (κ1) is 17.6. The number of ether oxygens (including phenoxy) is 1. The quantitative estimate of drug-likeness (QED) is 0.682. The lowest BCUT2D eigenvalue weighted by Gasteiger charge is -2.26. The lowest BCUT2D eigenvalue weighted by molar-refractivity contribution is -0.119. The number of halogens is 1. The Labute approximate surface area is 160 Å². The van der Waals surface area contributed by atoms with Crippen molar-refractivity contribution in [3.63, 3.8) is 0 Å². The van der Waals surface area contributed by atoms with E-state index in [0.717, 1.165) is 17.7 Å². The fourth-order valence-electron chi connectivity index (χ4n) is 3.08. The number of amides is 1. The van der Waals surface area contributed by atoms with Gasteiger partial charge >= 0.3 is 0 Å². The van der Waals surface area contributed by atoms with Crippen molar-refractivity contribution in [2.24, 2.45) is 0 Å². The minimum Gasteiger partial charge on any atom is -0.493 e. The molecule has 7 heteroatoms. The molecule has 1 aliphatic heterocycles. The Bertz CT molecular complexity index is 960. The van der Waals surface area contributed by atoms with Crippen LogP contribution in [0.4, 0.5) is 4.39 Å². The van der Waals surface area contributed by atoms with E-state index in [4.69, 9.17) is 4.74 Å². The summed E-state index contributed by atoms with van der Waals surface area (Å²) in [4.78, 5) is 16.7. The van der Waals surface area contributed by atoms with Gasteiger partial charge in [0.1, 0.15) is 11.6 Å². The van der Waals surface area contributed by atoms with Crippen molar-refractivity contribution in [1.29, 1.82) is 0 Å². The second kappa shape index (κ2) is 7.84. The molecule has 1 aliphatic rings. The molecule has 2 aromatic carbocycles. The average molecular weight is 383 g/mol. The average Bonchev–Trinajstić information content (AvgIpc) is 3.15. The van der Waals surface area contributed by atoms with Crippen LogP contribution in [0.1, 0.15) is 18.0 Å². The molecule has 3 aromatic rings. The fourth-order valence-corrected chi connectivity index (χ4v) is 3.86. The van der Waals surface area contributed by atoms with E-state index in [1.807, 2.05) is 24.3 Å². The Balaban J connectivity index is 1.41. The Morgan fingerprint density at radius 2 is 2.19 bits per heavy atom. The number of benzene rings is 2. The normalized spacial score (nSPS) is 15.7. The molecule has 1 N–H and O–H groups in total. The number of nitrogens with zero attached hydrogens (tertiary/aromatic N) is 2. The van der Waals surface area contributed by atoms with Gasteiger partial charge in [0.05, 0.1) is 24.1 Å². The molecule has 0 aliphatic carbocycles. The molecular formula is C20H18FN3O2S. The number of fused-ring (bicyclic) bond motifs is 1. The van der Waals surface area contributed by atoms with E-state index in [1.165, 1.54) is 23.9 Å². The number of para-hydroxylation sites is 1. The van der Waals surface area contributed by atoms with Gasteiger partial charge in [0.2, 0.25) is 5.91 Å². The van der Waals surface area contributed by atoms with Crippen LogP contribution < -0.4 is 10.1 Å². The van der Waals surface area contributed by atoms with E-state index in [0.29, 0.717) is 17.5 Å². The third-order valence-electron chi connectivity index (χ3n) is 4.32. The van der Waals surface area contributed by atoms with Crippen molar-refractivity contribution in [1.82, 2.24) is 14.9 Å². The smallest absolute Gasteiger partial charge is 0.230 e. The first-order chi connectivity index (χ1) is 13.2. The van der Waals surface area contributed by atoms with Crippen molar-refractivity contribution in [2.75, 3.05) is 12.4 Å². The predicted octanol–water partition coefficient (Wildman–Crippen LogP) is 3.74. The van der Waals surface area contributed by atoms with Gasteiger partial charge in [0.25, 0.3) is 0 Å². The zero-order valence-corrected chi connectivity index (χ0v) is 15.3. The molecule has 0 bridgehead atoms. The van der Waals surface area contributed by atoms with Crippen molar-refractivity contribution < 1.29 is 13.9 Å². The fraction of sp³-hybridized carbons (Fsp3) is 0.200. The summed E-state index contributed by atoms with van der Waals surface area (Å²) in [6.45, 7) is 0.582. The van der Waals surface area contributed by atoms with E-state index in [9.17, 15) is 9.18 Å². The highest BCUT2D eigenvalue weighted by molar-refractivity contribution is 7.99. The lowest BCUT2D eigenvalue weighted by atomic mass is 10.0. The van der Waals surface area contributed by atoms with Crippen LogP contribution in [0.15, 0.2) is 66.1 Å². The minimum absolute atomic E-state index is 0.0500. The van der Waals surface area contributed by atoms with E-state index in [-0.39, 0.29) is 23.5 Å². The van der Waals surface area contributed by atoms with E-state index >= 15 is 0 Å². The van der Waals surface area contributed by atoms with Crippen LogP contribution in [-0.2, 0) is 4.79 Å². The first-order valence-electron chi connectivity index (χ1n) is 8.64. The van der Waals surface area contributed by atoms with Crippen molar-refractivity contribution in [3.05, 3.63) is 72.3 Å². The molecular weight excluding hydrogens is 365 g/mol. The highest BCUT2D eigenvalue weighted by atomic mass is 32.2. The van der Waals surface area contributed by atoms with E-state index in [2.05, 4.69) is 10.3 Å². The summed E-state index contributed by atoms with van der Waals surface area (Å²) in [5.41, 5.74) is 1.68. The van der Waals surface area contributed by atoms with Gasteiger partial charge in [-0.1, -0.05) is 36.0 Å². The molecule has 0 saturated heterocycles. The summed E-state index contributed by atoms with van der Waals surface area (Å²) < 4.78 is 20.9. The lowest BCUT2D eigenvalue weighted by Crippen LogP contribution is -2.33. The molecule has 5 nitrogen and oxygen atoms in total. The van der Waals surface area contributed by atoms with Gasteiger partial charge in [0.15, 0.2) is 5.16 Å². The zero-order chi connectivity index (χ0) is 18.6. The maximum atomic E-state index is 13.5. The predicted molar refractivity (Wildman–Crippen MR) is 102 cm³/mol. The van der Waals surface area contributed by atoms with Gasteiger partial charge in [-0.2, -0.15) is 0 Å². The van der Waals surface area contributed by atoms with Crippen molar-refractivity contribution >= 4 is 17.7 Å². The number of carbonyl (C=O) groups excluding carboxylic acids is 1. The van der Waals surface area contributed by atoms with Crippen LogP contribution in [0.5, 0.6) is 5.75 Å². The third-order valence-corrected chi connectivity index (χ3v) is 5.29. The molecule has 1 aromatic heterocycles. The Morgan fingerprint density at radius 3 is 3.07 bits per heavy atom. The summed E-state index contributed by atoms with van der Waals surface area (Å²) in [5, 5.41) is 3.71. The van der Waals surface area contributed by atoms with E-state index in [1.54, 1.807) is 29.1 Å². The topological polar surface area (TPSA) is 56.2 Å². The molecule has 1 amide bonds. The standard InChI is InChI=1S/C20H18FN3O2S/c21-14-4-3-5-15(12-14)24-10-9-22-20(24)27-13-19(25)23-17-8-11-26-18-7-2-1-6-16(17)18/h1-7,9-10,12,17H,8,11,13H2,(H,23,25). The SMILES string of the molecule is O=C(CSc1nccn1-c1cccc(F)c1)NC1CCOc2ccccc21. The molecule has 4 rings (SSSR count). The van der Waals surface area contributed by atoms with Crippen LogP contribution in [0.25, 0.3) is 5.69 Å². The summed E-state index contributed by atoms with van der Waals surface area (Å²) >= 11 is 1.32. The van der Waals surface area contributed by atoms with Crippen molar-refractivity contribution in [2.45, 2.75) is 17.6 Å². The molecule has 2 heterocycles. The summed E-state index contributed by atoms with van der Waals surface area (Å²) in [5.74, 6) is 0.665. The highest BCUT2D eigenvalue weighted by Crippen LogP contribution is 2.31. The number of aromatic nitrogens is 2. The number of nitrogens with one attached hydrogen (secondary N) is 1. The largest absolute Gasteiger partial charge is 0.493 e. The number of rotatable bonds is 5. The summed E-state index contributed by atoms with van der Waals surface area (Å²) in [6, 6.07) is 14.0. The Morgan fingerprint density at radius 1 is 1.30 bits per heavy atom. The zero-order valence-electron chi connectivity index (χ0n) is 14.5. The van der Waals surface area contributed by atoms with Crippen LogP contribution in [-0.4, -0.2) is 27.8 Å². The van der Waals surface area contributed by atoms with Crippen LogP contribution in [0.3, 0.4) is 0 Å². The maximum Gasteiger partial charge on any atom is 0.230 e. The molecule has 0 saturated carbocycles. The van der Waals surface area contributed by atoms with Gasteiger partial charge in [-0.05, 0) is 24.3 Å². The molecule has 0 fully saturated rings. The van der Waals surface area contributed by atoms with Gasteiger partial charge in [-0.15, -0.1) is 0 Å². The first-order valence-corrected chi connectivity index (χ1v) is 9.62. The number of carbonyl (C=O) groups is 1. The second-order valence-electron chi connectivity index (χ2n) is 6.14. The van der Waals surface area contributed by atoms with Gasteiger partial charge in [-0.3, -0.25) is 9.36 Å². The van der Waals surface area contributed by atoms with Gasteiger partial charge in [0, 0.05) is 24.4 Å². The minimum atomic E-state index is -0.312. The monoisotopic (exact) mass is 383 g/mol. The van der Waals surface area contributed by atoms with E-state index < -0.39 is 0 Å².